The Hall–Kier alpha value is -0.910. The van der Waals surface area contributed by atoms with Crippen LogP contribution in [0.4, 0.5) is 0 Å². The molecule has 4 aliphatic rings. The second-order valence-corrected chi connectivity index (χ2v) is 10.6. The summed E-state index contributed by atoms with van der Waals surface area (Å²) in [7, 11) is 0. The molecular formula is C19H28BrN3O2. The van der Waals surface area contributed by atoms with E-state index in [1.54, 1.807) is 0 Å². The number of aryl methyl sites for hydroxylation is 1. The van der Waals surface area contributed by atoms with Crippen LogP contribution in [0.15, 0.2) is 4.52 Å². The van der Waals surface area contributed by atoms with Gasteiger partial charge in [0.15, 0.2) is 5.82 Å². The molecule has 4 saturated carbocycles. The SMILES string of the molecule is CC(C)c1noc(CCCNC(=O)C23CC4CC(CC(Br)(C4)C2)C3)n1. The van der Waals surface area contributed by atoms with Crippen LogP contribution in [0.25, 0.3) is 0 Å². The summed E-state index contributed by atoms with van der Waals surface area (Å²) in [5.41, 5.74) is -0.122. The van der Waals surface area contributed by atoms with Crippen molar-refractivity contribution >= 4 is 21.8 Å². The fourth-order valence-electron chi connectivity index (χ4n) is 5.65. The molecule has 1 N–H and O–H groups in total. The maximum atomic E-state index is 13.0. The van der Waals surface area contributed by atoms with E-state index in [1.807, 2.05) is 0 Å². The number of aromatic nitrogens is 2. The number of halogens is 1. The average Bonchev–Trinajstić information content (AvgIpc) is 2.98. The van der Waals surface area contributed by atoms with Gasteiger partial charge in [0.25, 0.3) is 0 Å². The van der Waals surface area contributed by atoms with Crippen molar-refractivity contribution in [2.45, 2.75) is 75.5 Å². The molecule has 0 aliphatic heterocycles. The van der Waals surface area contributed by atoms with Gasteiger partial charge >= 0.3 is 0 Å². The zero-order valence-electron chi connectivity index (χ0n) is 15.2. The van der Waals surface area contributed by atoms with E-state index in [0.29, 0.717) is 12.4 Å². The van der Waals surface area contributed by atoms with E-state index in [9.17, 15) is 4.79 Å². The first-order valence-electron chi connectivity index (χ1n) is 9.67. The highest BCUT2D eigenvalue weighted by Gasteiger charge is 2.59. The Labute approximate surface area is 157 Å². The Morgan fingerprint density at radius 3 is 2.64 bits per heavy atom. The van der Waals surface area contributed by atoms with Crippen molar-refractivity contribution in [1.29, 1.82) is 0 Å². The summed E-state index contributed by atoms with van der Waals surface area (Å²) >= 11 is 3.98. The van der Waals surface area contributed by atoms with Crippen LogP contribution in [-0.2, 0) is 11.2 Å². The number of rotatable bonds is 6. The molecule has 1 heterocycles. The standard InChI is InChI=1S/C19H28BrN3O2/c1-12(2)16-22-15(25-23-16)4-3-5-21-17(24)18-7-13-6-14(8-18)10-19(20,9-13)11-18/h12-14H,3-11H2,1-2H3,(H,21,24). The summed E-state index contributed by atoms with van der Waals surface area (Å²) in [6.45, 7) is 4.79. The van der Waals surface area contributed by atoms with Gasteiger partial charge in [-0.1, -0.05) is 34.9 Å². The van der Waals surface area contributed by atoms with Gasteiger partial charge in [-0.2, -0.15) is 4.98 Å². The van der Waals surface area contributed by atoms with Gasteiger partial charge in [0.1, 0.15) is 0 Å². The van der Waals surface area contributed by atoms with Crippen LogP contribution in [0.3, 0.4) is 0 Å². The van der Waals surface area contributed by atoms with Gasteiger partial charge < -0.3 is 9.84 Å². The van der Waals surface area contributed by atoms with Crippen molar-refractivity contribution in [2.24, 2.45) is 17.3 Å². The zero-order valence-corrected chi connectivity index (χ0v) is 16.8. The molecule has 5 nitrogen and oxygen atoms in total. The Morgan fingerprint density at radius 1 is 1.32 bits per heavy atom. The molecule has 5 rings (SSSR count). The van der Waals surface area contributed by atoms with Crippen LogP contribution in [-0.4, -0.2) is 26.9 Å². The first-order valence-corrected chi connectivity index (χ1v) is 10.5. The van der Waals surface area contributed by atoms with Crippen molar-refractivity contribution in [2.75, 3.05) is 6.54 Å². The second-order valence-electron chi connectivity index (χ2n) is 8.95. The monoisotopic (exact) mass is 409 g/mol. The van der Waals surface area contributed by atoms with E-state index in [4.69, 9.17) is 4.52 Å². The molecule has 1 aromatic heterocycles. The van der Waals surface area contributed by atoms with Gasteiger partial charge in [-0.15, -0.1) is 0 Å². The van der Waals surface area contributed by atoms with Crippen LogP contribution in [0.5, 0.6) is 0 Å². The fraction of sp³-hybridized carbons (Fsp3) is 0.842. The molecule has 138 valence electrons. The molecule has 6 heteroatoms. The number of hydrogen-bond donors (Lipinski definition) is 1. The third-order valence-electron chi connectivity index (χ3n) is 6.32. The molecule has 0 spiro atoms. The summed E-state index contributed by atoms with van der Waals surface area (Å²) in [4.78, 5) is 17.4. The number of nitrogens with one attached hydrogen (secondary N) is 1. The molecule has 4 bridgehead atoms. The molecule has 1 aromatic rings. The van der Waals surface area contributed by atoms with Gasteiger partial charge in [-0.3, -0.25) is 4.79 Å². The third-order valence-corrected chi connectivity index (χ3v) is 7.25. The Kier molecular flexibility index (Phi) is 4.45. The Morgan fingerprint density at radius 2 is 2.04 bits per heavy atom. The highest BCUT2D eigenvalue weighted by Crippen LogP contribution is 2.64. The summed E-state index contributed by atoms with van der Waals surface area (Å²) in [5.74, 6) is 3.46. The molecule has 0 aromatic carbocycles. The minimum absolute atomic E-state index is 0.122. The molecular weight excluding hydrogens is 382 g/mol. The van der Waals surface area contributed by atoms with Crippen LogP contribution in [0.2, 0.25) is 0 Å². The third kappa shape index (κ3) is 3.38. The molecule has 0 saturated heterocycles. The predicted molar refractivity (Wildman–Crippen MR) is 98.5 cm³/mol. The average molecular weight is 410 g/mol. The van der Waals surface area contributed by atoms with Crippen molar-refractivity contribution in [1.82, 2.24) is 15.5 Å². The van der Waals surface area contributed by atoms with Gasteiger partial charge in [-0.05, 0) is 56.8 Å². The topological polar surface area (TPSA) is 68.0 Å². The van der Waals surface area contributed by atoms with Crippen LogP contribution in [0.1, 0.15) is 76.4 Å². The minimum atomic E-state index is -0.122. The maximum Gasteiger partial charge on any atom is 0.226 e. The van der Waals surface area contributed by atoms with E-state index in [0.717, 1.165) is 49.8 Å². The highest BCUT2D eigenvalue weighted by molar-refractivity contribution is 9.10. The minimum Gasteiger partial charge on any atom is -0.356 e. The summed E-state index contributed by atoms with van der Waals surface area (Å²) in [5, 5.41) is 7.19. The van der Waals surface area contributed by atoms with Crippen LogP contribution < -0.4 is 5.32 Å². The quantitative estimate of drug-likeness (QED) is 0.569. The highest BCUT2D eigenvalue weighted by atomic mass is 79.9. The summed E-state index contributed by atoms with van der Waals surface area (Å²) in [6, 6.07) is 0. The predicted octanol–water partition coefficient (Wildman–Crippen LogP) is 3.98. The van der Waals surface area contributed by atoms with Crippen LogP contribution >= 0.6 is 15.9 Å². The fourth-order valence-corrected chi connectivity index (χ4v) is 7.10. The molecule has 4 aliphatic carbocycles. The maximum absolute atomic E-state index is 13.0. The largest absolute Gasteiger partial charge is 0.356 e. The Bertz CT molecular complexity index is 643. The number of carbonyl (C=O) groups is 1. The number of amides is 1. The Balaban J connectivity index is 1.29. The molecule has 1 amide bonds. The number of hydrogen-bond acceptors (Lipinski definition) is 4. The zero-order chi connectivity index (χ0) is 17.7. The number of nitrogens with zero attached hydrogens (tertiary/aromatic N) is 2. The van der Waals surface area contributed by atoms with Gasteiger partial charge in [-0.25, -0.2) is 0 Å². The first kappa shape index (κ1) is 17.5. The smallest absolute Gasteiger partial charge is 0.226 e. The van der Waals surface area contributed by atoms with E-state index in [2.05, 4.69) is 45.2 Å². The van der Waals surface area contributed by atoms with Crippen molar-refractivity contribution in [3.8, 4) is 0 Å². The molecule has 2 unspecified atom stereocenters. The molecule has 2 atom stereocenters. The summed E-state index contributed by atoms with van der Waals surface area (Å²) < 4.78 is 5.49. The first-order chi connectivity index (χ1) is 11.9. The lowest BCUT2D eigenvalue weighted by Gasteiger charge is -2.59. The van der Waals surface area contributed by atoms with E-state index < -0.39 is 0 Å². The molecule has 4 fully saturated rings. The van der Waals surface area contributed by atoms with Crippen molar-refractivity contribution < 1.29 is 9.32 Å². The lowest BCUT2D eigenvalue weighted by molar-refractivity contribution is -0.144. The van der Waals surface area contributed by atoms with Crippen molar-refractivity contribution in [3.63, 3.8) is 0 Å². The van der Waals surface area contributed by atoms with Crippen molar-refractivity contribution in [3.05, 3.63) is 11.7 Å². The van der Waals surface area contributed by atoms with Gasteiger partial charge in [0.2, 0.25) is 11.8 Å². The number of carbonyl (C=O) groups excluding carboxylic acids is 1. The molecule has 25 heavy (non-hydrogen) atoms. The number of alkyl halides is 1. The summed E-state index contributed by atoms with van der Waals surface area (Å²) in [6.07, 6.45) is 8.60. The van der Waals surface area contributed by atoms with E-state index >= 15 is 0 Å². The second kappa shape index (κ2) is 6.36. The van der Waals surface area contributed by atoms with Gasteiger partial charge in [0.05, 0.1) is 5.41 Å². The van der Waals surface area contributed by atoms with Gasteiger partial charge in [0, 0.05) is 23.2 Å². The van der Waals surface area contributed by atoms with Crippen LogP contribution in [0, 0.1) is 17.3 Å². The van der Waals surface area contributed by atoms with E-state index in [-0.39, 0.29) is 21.6 Å². The molecule has 0 radical (unpaired) electrons. The van der Waals surface area contributed by atoms with E-state index in [1.165, 1.54) is 19.3 Å². The lowest BCUT2D eigenvalue weighted by Crippen LogP contribution is -2.58. The lowest BCUT2D eigenvalue weighted by atomic mass is 9.49. The normalized spacial score (nSPS) is 36.2.